The first-order valence-electron chi connectivity index (χ1n) is 12.6. The van der Waals surface area contributed by atoms with Gasteiger partial charge in [0.15, 0.2) is 0 Å². The number of carbonyl (C=O) groups excluding carboxylic acids is 1. The van der Waals surface area contributed by atoms with E-state index in [0.29, 0.717) is 26.1 Å². The lowest BCUT2D eigenvalue weighted by Crippen LogP contribution is -2.25. The van der Waals surface area contributed by atoms with Crippen LogP contribution in [-0.4, -0.2) is 28.6 Å². The molecule has 0 radical (unpaired) electrons. The van der Waals surface area contributed by atoms with Gasteiger partial charge in [-0.05, 0) is 42.0 Å². The maximum absolute atomic E-state index is 12.3. The van der Waals surface area contributed by atoms with Crippen LogP contribution in [0.2, 0.25) is 0 Å². The van der Waals surface area contributed by atoms with E-state index >= 15 is 0 Å². The number of imidazole rings is 1. The number of carbonyl (C=O) groups is 1. The molecule has 5 nitrogen and oxygen atoms in total. The lowest BCUT2D eigenvalue weighted by molar-refractivity contribution is -0.121. The SMILES string of the molecule is O=C(CCc1ccccc1)NCCCc1nc2ccccc2n1CCOc1cccc2ccccc12. The summed E-state index contributed by atoms with van der Waals surface area (Å²) in [5.41, 5.74) is 3.29. The van der Waals surface area contributed by atoms with Crippen molar-refractivity contribution in [2.24, 2.45) is 0 Å². The van der Waals surface area contributed by atoms with Crippen molar-refractivity contribution in [3.8, 4) is 5.75 Å². The predicted molar refractivity (Wildman–Crippen MR) is 145 cm³/mol. The zero-order valence-electron chi connectivity index (χ0n) is 20.4. The maximum atomic E-state index is 12.3. The summed E-state index contributed by atoms with van der Waals surface area (Å²) in [6, 6.07) is 32.8. The third kappa shape index (κ3) is 5.74. The van der Waals surface area contributed by atoms with Crippen LogP contribution in [0.5, 0.6) is 5.75 Å². The molecule has 0 unspecified atom stereocenters. The fourth-order valence-electron chi connectivity index (χ4n) is 4.60. The number of amides is 1. The molecule has 1 N–H and O–H groups in total. The van der Waals surface area contributed by atoms with Crippen LogP contribution in [0.15, 0.2) is 97.1 Å². The van der Waals surface area contributed by atoms with Gasteiger partial charge in [0.2, 0.25) is 5.91 Å². The van der Waals surface area contributed by atoms with Gasteiger partial charge in [0.1, 0.15) is 18.2 Å². The third-order valence-corrected chi connectivity index (χ3v) is 6.44. The number of nitrogens with one attached hydrogen (secondary N) is 1. The number of hydrogen-bond donors (Lipinski definition) is 1. The molecular formula is C31H31N3O2. The Hall–Kier alpha value is -4.12. The molecule has 0 aliphatic carbocycles. The van der Waals surface area contributed by atoms with Gasteiger partial charge in [0.05, 0.1) is 17.6 Å². The monoisotopic (exact) mass is 477 g/mol. The summed E-state index contributed by atoms with van der Waals surface area (Å²) in [5.74, 6) is 2.02. The topological polar surface area (TPSA) is 56.2 Å². The number of rotatable bonds is 11. The Kier molecular flexibility index (Phi) is 7.57. The minimum absolute atomic E-state index is 0.0934. The lowest BCUT2D eigenvalue weighted by Gasteiger charge is -2.12. The number of aromatic nitrogens is 2. The van der Waals surface area contributed by atoms with Gasteiger partial charge in [-0.25, -0.2) is 4.98 Å². The van der Waals surface area contributed by atoms with Crippen molar-refractivity contribution >= 4 is 27.7 Å². The lowest BCUT2D eigenvalue weighted by atomic mass is 10.1. The summed E-state index contributed by atoms with van der Waals surface area (Å²) in [4.78, 5) is 17.1. The van der Waals surface area contributed by atoms with Gasteiger partial charge in [0.25, 0.3) is 0 Å². The molecule has 1 heterocycles. The van der Waals surface area contributed by atoms with Crippen LogP contribution in [0, 0.1) is 0 Å². The van der Waals surface area contributed by atoms with E-state index in [1.165, 1.54) is 10.9 Å². The molecule has 5 aromatic rings. The molecule has 182 valence electrons. The minimum Gasteiger partial charge on any atom is -0.491 e. The molecule has 0 spiro atoms. The van der Waals surface area contributed by atoms with E-state index in [0.717, 1.165) is 47.3 Å². The van der Waals surface area contributed by atoms with E-state index in [4.69, 9.17) is 9.72 Å². The van der Waals surface area contributed by atoms with Crippen molar-refractivity contribution in [1.29, 1.82) is 0 Å². The predicted octanol–water partition coefficient (Wildman–Crippen LogP) is 5.95. The molecule has 36 heavy (non-hydrogen) atoms. The Balaban J connectivity index is 1.17. The van der Waals surface area contributed by atoms with Crippen molar-refractivity contribution in [3.63, 3.8) is 0 Å². The van der Waals surface area contributed by atoms with Crippen LogP contribution in [0.3, 0.4) is 0 Å². The van der Waals surface area contributed by atoms with E-state index in [2.05, 4.69) is 46.3 Å². The van der Waals surface area contributed by atoms with Crippen molar-refractivity contribution in [2.75, 3.05) is 13.2 Å². The number of hydrogen-bond acceptors (Lipinski definition) is 3. The van der Waals surface area contributed by atoms with Gasteiger partial charge < -0.3 is 14.6 Å². The molecule has 1 aromatic heterocycles. The quantitative estimate of drug-likeness (QED) is 0.239. The number of nitrogens with zero attached hydrogens (tertiary/aromatic N) is 2. The molecule has 0 atom stereocenters. The maximum Gasteiger partial charge on any atom is 0.220 e. The van der Waals surface area contributed by atoms with Crippen LogP contribution in [0.25, 0.3) is 21.8 Å². The number of para-hydroxylation sites is 2. The van der Waals surface area contributed by atoms with Crippen molar-refractivity contribution in [1.82, 2.24) is 14.9 Å². The molecule has 0 saturated heterocycles. The Morgan fingerprint density at radius 1 is 0.833 bits per heavy atom. The fraction of sp³-hybridized carbons (Fsp3) is 0.226. The molecule has 1 amide bonds. The van der Waals surface area contributed by atoms with Gasteiger partial charge >= 0.3 is 0 Å². The number of fused-ring (bicyclic) bond motifs is 2. The number of benzene rings is 4. The van der Waals surface area contributed by atoms with Crippen molar-refractivity contribution < 1.29 is 9.53 Å². The van der Waals surface area contributed by atoms with Gasteiger partial charge in [-0.1, -0.05) is 78.9 Å². The third-order valence-electron chi connectivity index (χ3n) is 6.44. The smallest absolute Gasteiger partial charge is 0.220 e. The molecule has 0 bridgehead atoms. The van der Waals surface area contributed by atoms with Crippen LogP contribution in [0.1, 0.15) is 24.2 Å². The van der Waals surface area contributed by atoms with Crippen LogP contribution >= 0.6 is 0 Å². The van der Waals surface area contributed by atoms with Crippen molar-refractivity contribution in [2.45, 2.75) is 32.2 Å². The van der Waals surface area contributed by atoms with Crippen LogP contribution < -0.4 is 10.1 Å². The second kappa shape index (κ2) is 11.5. The molecule has 0 fully saturated rings. The summed E-state index contributed by atoms with van der Waals surface area (Å²) in [6.07, 6.45) is 2.90. The van der Waals surface area contributed by atoms with E-state index in [1.54, 1.807) is 0 Å². The van der Waals surface area contributed by atoms with Gasteiger partial charge in [-0.2, -0.15) is 0 Å². The van der Waals surface area contributed by atoms with Gasteiger partial charge in [0, 0.05) is 24.8 Å². The Morgan fingerprint density at radius 2 is 1.61 bits per heavy atom. The largest absolute Gasteiger partial charge is 0.491 e. The second-order valence-electron chi connectivity index (χ2n) is 8.93. The standard InChI is InChI=1S/C31H31N3O2/c35-31(20-19-24-10-2-1-3-11-24)32-21-9-18-30-33-27-15-6-7-16-28(27)34(30)22-23-36-29-17-8-13-25-12-4-5-14-26(25)29/h1-8,10-17H,9,18-23H2,(H,32,35). The van der Waals surface area contributed by atoms with Crippen molar-refractivity contribution in [3.05, 3.63) is 108 Å². The minimum atomic E-state index is 0.0934. The highest BCUT2D eigenvalue weighted by Gasteiger charge is 2.11. The van der Waals surface area contributed by atoms with Crippen LogP contribution in [0.4, 0.5) is 0 Å². The van der Waals surface area contributed by atoms with E-state index in [1.807, 2.05) is 60.7 Å². The van der Waals surface area contributed by atoms with Gasteiger partial charge in [-0.15, -0.1) is 0 Å². The molecule has 0 aliphatic heterocycles. The highest BCUT2D eigenvalue weighted by atomic mass is 16.5. The summed E-state index contributed by atoms with van der Waals surface area (Å²) in [6.45, 7) is 1.91. The highest BCUT2D eigenvalue weighted by molar-refractivity contribution is 5.88. The zero-order chi connectivity index (χ0) is 24.6. The van der Waals surface area contributed by atoms with Gasteiger partial charge in [-0.3, -0.25) is 4.79 Å². The Morgan fingerprint density at radius 3 is 2.53 bits per heavy atom. The summed E-state index contributed by atoms with van der Waals surface area (Å²) in [5, 5.41) is 5.36. The average Bonchev–Trinajstić information content (AvgIpc) is 3.28. The first-order chi connectivity index (χ1) is 17.8. The summed E-state index contributed by atoms with van der Waals surface area (Å²) in [7, 11) is 0. The van der Waals surface area contributed by atoms with E-state index in [-0.39, 0.29) is 5.91 Å². The highest BCUT2D eigenvalue weighted by Crippen LogP contribution is 2.25. The number of ether oxygens (including phenoxy) is 1. The normalized spacial score (nSPS) is 11.1. The summed E-state index contributed by atoms with van der Waals surface area (Å²) < 4.78 is 8.46. The first kappa shape index (κ1) is 23.6. The molecule has 5 rings (SSSR count). The second-order valence-corrected chi connectivity index (χ2v) is 8.93. The molecule has 0 aliphatic rings. The van der Waals surface area contributed by atoms with Crippen LogP contribution in [-0.2, 0) is 24.2 Å². The Bertz CT molecular complexity index is 1440. The zero-order valence-corrected chi connectivity index (χ0v) is 20.4. The molecular weight excluding hydrogens is 446 g/mol. The summed E-state index contributed by atoms with van der Waals surface area (Å²) >= 11 is 0. The number of aryl methyl sites for hydroxylation is 2. The fourth-order valence-corrected chi connectivity index (χ4v) is 4.60. The van der Waals surface area contributed by atoms with E-state index < -0.39 is 0 Å². The Labute approximate surface area is 211 Å². The molecule has 0 saturated carbocycles. The van der Waals surface area contributed by atoms with E-state index in [9.17, 15) is 4.79 Å². The molecule has 5 heteroatoms. The first-order valence-corrected chi connectivity index (χ1v) is 12.6. The molecule has 4 aromatic carbocycles. The average molecular weight is 478 g/mol.